The third-order valence-electron chi connectivity index (χ3n) is 4.39. The van der Waals surface area contributed by atoms with Crippen LogP contribution in [-0.2, 0) is 14.3 Å². The fraction of sp³-hybridized carbons (Fsp3) is 0.579. The van der Waals surface area contributed by atoms with Crippen LogP contribution in [0.4, 0.5) is 11.4 Å². The van der Waals surface area contributed by atoms with Gasteiger partial charge in [-0.3, -0.25) is 14.5 Å². The first-order valence-electron chi connectivity index (χ1n) is 9.10. The summed E-state index contributed by atoms with van der Waals surface area (Å²) in [4.78, 5) is 28.3. The summed E-state index contributed by atoms with van der Waals surface area (Å²) in [5.41, 5.74) is 1.88. The zero-order chi connectivity index (χ0) is 19.1. The lowest BCUT2D eigenvalue weighted by atomic mass is 10.2. The summed E-state index contributed by atoms with van der Waals surface area (Å²) in [6.07, 6.45) is 0. The van der Waals surface area contributed by atoms with Crippen LogP contribution in [0, 0.1) is 0 Å². The molecule has 0 unspecified atom stereocenters. The molecule has 0 bridgehead atoms. The topological polar surface area (TPSA) is 73.9 Å². The number of anilines is 2. The van der Waals surface area contributed by atoms with Crippen molar-refractivity contribution >= 4 is 23.2 Å². The second kappa shape index (κ2) is 9.54. The smallest absolute Gasteiger partial charge is 0.241 e. The molecule has 0 aromatic heterocycles. The van der Waals surface area contributed by atoms with Crippen molar-refractivity contribution in [1.82, 2.24) is 10.2 Å². The Bertz CT molecular complexity index is 597. The molecule has 1 aromatic carbocycles. The molecule has 0 radical (unpaired) electrons. The quantitative estimate of drug-likeness (QED) is 0.765. The van der Waals surface area contributed by atoms with Crippen LogP contribution in [-0.4, -0.2) is 68.7 Å². The van der Waals surface area contributed by atoms with Crippen molar-refractivity contribution in [3.05, 3.63) is 24.3 Å². The van der Waals surface area contributed by atoms with Gasteiger partial charge >= 0.3 is 0 Å². The monoisotopic (exact) mass is 362 g/mol. The highest BCUT2D eigenvalue weighted by Gasteiger charge is 2.20. The number of nitrogens with one attached hydrogen (secondary N) is 2. The highest BCUT2D eigenvalue weighted by atomic mass is 16.5. The van der Waals surface area contributed by atoms with E-state index in [2.05, 4.69) is 15.5 Å². The van der Waals surface area contributed by atoms with Gasteiger partial charge in [-0.1, -0.05) is 0 Å². The standard InChI is InChI=1S/C19H30N4O3/c1-14(2)20-18(24)13-22(4)15(3)19(25)21-16-5-7-17(8-6-16)23-9-11-26-12-10-23/h5-8,14-15H,9-13H2,1-4H3,(H,20,24)(H,21,25)/t15-/m1/s1. The molecular weight excluding hydrogens is 332 g/mol. The summed E-state index contributed by atoms with van der Waals surface area (Å²) >= 11 is 0. The molecule has 1 aliphatic rings. The van der Waals surface area contributed by atoms with E-state index < -0.39 is 6.04 Å². The number of carbonyl (C=O) groups excluding carboxylic acids is 2. The van der Waals surface area contributed by atoms with Gasteiger partial charge in [0.25, 0.3) is 0 Å². The SMILES string of the molecule is CC(C)NC(=O)CN(C)[C@H](C)C(=O)Nc1ccc(N2CCOCC2)cc1. The molecule has 1 aliphatic heterocycles. The van der Waals surface area contributed by atoms with Crippen molar-refractivity contribution in [2.45, 2.75) is 32.9 Å². The van der Waals surface area contributed by atoms with Gasteiger partial charge in [0.2, 0.25) is 11.8 Å². The third-order valence-corrected chi connectivity index (χ3v) is 4.39. The average Bonchev–Trinajstić information content (AvgIpc) is 2.61. The molecule has 1 aromatic rings. The molecule has 1 saturated heterocycles. The van der Waals surface area contributed by atoms with Crippen LogP contribution in [0.25, 0.3) is 0 Å². The molecule has 2 rings (SSSR count). The van der Waals surface area contributed by atoms with Crippen molar-refractivity contribution < 1.29 is 14.3 Å². The van der Waals surface area contributed by atoms with Crippen LogP contribution >= 0.6 is 0 Å². The molecule has 1 atom stereocenters. The van der Waals surface area contributed by atoms with Gasteiger partial charge in [-0.2, -0.15) is 0 Å². The minimum atomic E-state index is -0.410. The number of morpholine rings is 1. The lowest BCUT2D eigenvalue weighted by Crippen LogP contribution is -2.45. The number of ether oxygens (including phenoxy) is 1. The fourth-order valence-corrected chi connectivity index (χ4v) is 2.76. The fourth-order valence-electron chi connectivity index (χ4n) is 2.76. The number of carbonyl (C=O) groups is 2. The summed E-state index contributed by atoms with van der Waals surface area (Å²) < 4.78 is 5.36. The minimum Gasteiger partial charge on any atom is -0.378 e. The van der Waals surface area contributed by atoms with Crippen LogP contribution in [0.3, 0.4) is 0 Å². The maximum absolute atomic E-state index is 12.4. The van der Waals surface area contributed by atoms with Crippen molar-refractivity contribution in [2.75, 3.05) is 50.1 Å². The summed E-state index contributed by atoms with van der Waals surface area (Å²) in [5.74, 6) is -0.221. The largest absolute Gasteiger partial charge is 0.378 e. The van der Waals surface area contributed by atoms with Crippen LogP contribution in [0.15, 0.2) is 24.3 Å². The van der Waals surface area contributed by atoms with Crippen LogP contribution < -0.4 is 15.5 Å². The normalized spacial score (nSPS) is 15.8. The predicted molar refractivity (Wildman–Crippen MR) is 103 cm³/mol. The van der Waals surface area contributed by atoms with E-state index in [-0.39, 0.29) is 24.4 Å². The number of benzene rings is 1. The lowest BCUT2D eigenvalue weighted by Gasteiger charge is -2.29. The second-order valence-corrected chi connectivity index (χ2v) is 6.95. The van der Waals surface area contributed by atoms with Gasteiger partial charge in [0.15, 0.2) is 0 Å². The highest BCUT2D eigenvalue weighted by Crippen LogP contribution is 2.19. The van der Waals surface area contributed by atoms with Crippen LogP contribution in [0.1, 0.15) is 20.8 Å². The summed E-state index contributed by atoms with van der Waals surface area (Å²) in [6.45, 7) is 9.05. The van der Waals surface area contributed by atoms with E-state index in [0.717, 1.165) is 37.7 Å². The van der Waals surface area contributed by atoms with Gasteiger partial charge in [0.1, 0.15) is 0 Å². The predicted octanol–water partition coefficient (Wildman–Crippen LogP) is 1.31. The summed E-state index contributed by atoms with van der Waals surface area (Å²) in [6, 6.07) is 7.50. The minimum absolute atomic E-state index is 0.0861. The number of amides is 2. The molecule has 144 valence electrons. The average molecular weight is 362 g/mol. The zero-order valence-corrected chi connectivity index (χ0v) is 16.1. The van der Waals surface area contributed by atoms with Crippen LogP contribution in [0.5, 0.6) is 0 Å². The van der Waals surface area contributed by atoms with Crippen molar-refractivity contribution in [2.24, 2.45) is 0 Å². The Morgan fingerprint density at radius 2 is 1.77 bits per heavy atom. The molecule has 0 saturated carbocycles. The molecule has 1 fully saturated rings. The molecule has 7 heteroatoms. The first kappa shape index (κ1) is 20.2. The Balaban J connectivity index is 1.86. The first-order valence-corrected chi connectivity index (χ1v) is 9.10. The Kier molecular flexibility index (Phi) is 7.41. The highest BCUT2D eigenvalue weighted by molar-refractivity contribution is 5.95. The number of hydrogen-bond donors (Lipinski definition) is 2. The van der Waals surface area contributed by atoms with Gasteiger partial charge in [0.05, 0.1) is 25.8 Å². The lowest BCUT2D eigenvalue weighted by molar-refractivity contribution is -0.125. The van der Waals surface area contributed by atoms with E-state index in [9.17, 15) is 9.59 Å². The number of hydrogen-bond acceptors (Lipinski definition) is 5. The van der Waals surface area contributed by atoms with Crippen LogP contribution in [0.2, 0.25) is 0 Å². The number of likely N-dealkylation sites (N-methyl/N-ethyl adjacent to an activating group) is 1. The molecule has 1 heterocycles. The molecule has 7 nitrogen and oxygen atoms in total. The van der Waals surface area contributed by atoms with Crippen molar-refractivity contribution in [1.29, 1.82) is 0 Å². The molecule has 2 amide bonds. The van der Waals surface area contributed by atoms with E-state index in [1.165, 1.54) is 0 Å². The van der Waals surface area contributed by atoms with Gasteiger partial charge in [0, 0.05) is 30.5 Å². The molecular formula is C19H30N4O3. The Labute approximate surface area is 155 Å². The zero-order valence-electron chi connectivity index (χ0n) is 16.1. The Hall–Kier alpha value is -2.12. The molecule has 26 heavy (non-hydrogen) atoms. The molecule has 2 N–H and O–H groups in total. The van der Waals surface area contributed by atoms with Crippen molar-refractivity contribution in [3.8, 4) is 0 Å². The van der Waals surface area contributed by atoms with E-state index in [1.54, 1.807) is 18.9 Å². The second-order valence-electron chi connectivity index (χ2n) is 6.95. The van der Waals surface area contributed by atoms with Gasteiger partial charge in [-0.05, 0) is 52.1 Å². The van der Waals surface area contributed by atoms with E-state index in [4.69, 9.17) is 4.74 Å². The molecule has 0 aliphatic carbocycles. The van der Waals surface area contributed by atoms with Gasteiger partial charge in [-0.25, -0.2) is 0 Å². The van der Waals surface area contributed by atoms with E-state index in [1.807, 2.05) is 38.1 Å². The molecule has 0 spiro atoms. The summed E-state index contributed by atoms with van der Waals surface area (Å²) in [5, 5.41) is 5.74. The third kappa shape index (κ3) is 6.00. The van der Waals surface area contributed by atoms with Gasteiger partial charge in [-0.15, -0.1) is 0 Å². The number of rotatable bonds is 7. The Morgan fingerprint density at radius 1 is 1.15 bits per heavy atom. The summed E-state index contributed by atoms with van der Waals surface area (Å²) in [7, 11) is 1.77. The van der Waals surface area contributed by atoms with Gasteiger partial charge < -0.3 is 20.3 Å². The first-order chi connectivity index (χ1) is 12.4. The Morgan fingerprint density at radius 3 is 2.35 bits per heavy atom. The van der Waals surface area contributed by atoms with E-state index >= 15 is 0 Å². The number of nitrogens with zero attached hydrogens (tertiary/aromatic N) is 2. The van der Waals surface area contributed by atoms with E-state index in [0.29, 0.717) is 0 Å². The maximum Gasteiger partial charge on any atom is 0.241 e. The van der Waals surface area contributed by atoms with Crippen molar-refractivity contribution in [3.63, 3.8) is 0 Å². The maximum atomic E-state index is 12.4.